The largest absolute Gasteiger partial charge is 0.496 e. The molecule has 2 atom stereocenters. The van der Waals surface area contributed by atoms with Crippen molar-refractivity contribution >= 4 is 0 Å². The number of methoxy groups -OCH3 is 1. The number of hydrogen-bond donors (Lipinski definition) is 1. The summed E-state index contributed by atoms with van der Waals surface area (Å²) >= 11 is 0. The Balaban J connectivity index is 1.63. The van der Waals surface area contributed by atoms with Crippen LogP contribution in [0.4, 0.5) is 0 Å². The first kappa shape index (κ1) is 18.2. The molecule has 2 aromatic carbocycles. The predicted molar refractivity (Wildman–Crippen MR) is 107 cm³/mol. The highest BCUT2D eigenvalue weighted by Gasteiger charge is 2.12. The predicted octanol–water partition coefficient (Wildman–Crippen LogP) is 5.04. The molecule has 3 rings (SSSR count). The van der Waals surface area contributed by atoms with E-state index in [9.17, 15) is 0 Å². The minimum Gasteiger partial charge on any atom is -0.496 e. The molecule has 0 aliphatic heterocycles. The Morgan fingerprint density at radius 2 is 1.54 bits per heavy atom. The number of pyridine rings is 1. The van der Waals surface area contributed by atoms with Gasteiger partial charge in [0, 0.05) is 24.5 Å². The Hall–Kier alpha value is -2.65. The molecular weight excluding hydrogens is 320 g/mol. The fraction of sp³-hybridized carbons (Fsp3) is 0.261. The summed E-state index contributed by atoms with van der Waals surface area (Å²) in [5.74, 6) is 0.954. The van der Waals surface area contributed by atoms with Crippen LogP contribution in [0.25, 0.3) is 11.1 Å². The fourth-order valence-corrected chi connectivity index (χ4v) is 3.29. The van der Waals surface area contributed by atoms with Crippen LogP contribution in [-0.4, -0.2) is 18.1 Å². The van der Waals surface area contributed by atoms with E-state index in [1.165, 1.54) is 22.3 Å². The van der Waals surface area contributed by atoms with Gasteiger partial charge in [-0.2, -0.15) is 0 Å². The van der Waals surface area contributed by atoms with E-state index in [1.807, 2.05) is 36.7 Å². The Labute approximate surface area is 156 Å². The highest BCUT2D eigenvalue weighted by Crippen LogP contribution is 2.23. The van der Waals surface area contributed by atoms with E-state index in [0.29, 0.717) is 6.04 Å². The molecule has 0 saturated heterocycles. The molecule has 1 heterocycles. The van der Waals surface area contributed by atoms with Crippen LogP contribution >= 0.6 is 0 Å². The molecule has 26 heavy (non-hydrogen) atoms. The molecule has 3 aromatic rings. The van der Waals surface area contributed by atoms with Crippen molar-refractivity contribution in [3.8, 4) is 16.9 Å². The summed E-state index contributed by atoms with van der Waals surface area (Å²) < 4.78 is 5.46. The van der Waals surface area contributed by atoms with Crippen molar-refractivity contribution < 1.29 is 4.74 Å². The molecule has 1 unspecified atom stereocenters. The second kappa shape index (κ2) is 8.63. The molecule has 0 radical (unpaired) electrons. The van der Waals surface area contributed by atoms with Crippen molar-refractivity contribution in [3.63, 3.8) is 0 Å². The maximum Gasteiger partial charge on any atom is 0.122 e. The average Bonchev–Trinajstić information content (AvgIpc) is 2.69. The average molecular weight is 346 g/mol. The quantitative estimate of drug-likeness (QED) is 0.651. The van der Waals surface area contributed by atoms with Crippen molar-refractivity contribution in [2.75, 3.05) is 7.11 Å². The molecule has 1 aromatic heterocycles. The zero-order valence-corrected chi connectivity index (χ0v) is 15.6. The second-order valence-corrected chi connectivity index (χ2v) is 6.66. The van der Waals surface area contributed by atoms with E-state index in [2.05, 4.69) is 60.5 Å². The Morgan fingerprint density at radius 3 is 2.23 bits per heavy atom. The maximum atomic E-state index is 5.46. The minimum atomic E-state index is 0.284. The summed E-state index contributed by atoms with van der Waals surface area (Å²) in [6.07, 6.45) is 4.59. The molecule has 0 amide bonds. The smallest absolute Gasteiger partial charge is 0.122 e. The molecule has 0 spiro atoms. The standard InChI is InChI=1S/C23H26N2O/c1-17(16-22-6-4-5-7-23(22)26-3)25-18(2)19-8-10-20(11-9-19)21-12-14-24-15-13-21/h4-15,17-18,25H,16H2,1-3H3/t17-,18?/m0/s1. The summed E-state index contributed by atoms with van der Waals surface area (Å²) in [5, 5.41) is 3.69. The monoisotopic (exact) mass is 346 g/mol. The first-order valence-corrected chi connectivity index (χ1v) is 9.05. The Bertz CT molecular complexity index is 815. The second-order valence-electron chi connectivity index (χ2n) is 6.66. The maximum absolute atomic E-state index is 5.46. The van der Waals surface area contributed by atoms with Gasteiger partial charge in [-0.1, -0.05) is 42.5 Å². The van der Waals surface area contributed by atoms with Crippen LogP contribution in [0.2, 0.25) is 0 Å². The summed E-state index contributed by atoms with van der Waals surface area (Å²) in [6.45, 7) is 4.43. The third kappa shape index (κ3) is 4.50. The van der Waals surface area contributed by atoms with Crippen LogP contribution < -0.4 is 10.1 Å². The highest BCUT2D eigenvalue weighted by atomic mass is 16.5. The molecule has 134 valence electrons. The van der Waals surface area contributed by atoms with Gasteiger partial charge in [-0.25, -0.2) is 0 Å². The van der Waals surface area contributed by atoms with Crippen LogP contribution in [-0.2, 0) is 6.42 Å². The summed E-state index contributed by atoms with van der Waals surface area (Å²) in [7, 11) is 1.73. The molecule has 0 aliphatic carbocycles. The molecular formula is C23H26N2O. The molecule has 3 heteroatoms. The Morgan fingerprint density at radius 1 is 0.885 bits per heavy atom. The first-order valence-electron chi connectivity index (χ1n) is 9.05. The van der Waals surface area contributed by atoms with Crippen molar-refractivity contribution in [2.24, 2.45) is 0 Å². The lowest BCUT2D eigenvalue weighted by molar-refractivity contribution is 0.403. The van der Waals surface area contributed by atoms with E-state index in [4.69, 9.17) is 4.74 Å². The van der Waals surface area contributed by atoms with E-state index >= 15 is 0 Å². The lowest BCUT2D eigenvalue weighted by Crippen LogP contribution is -2.30. The van der Waals surface area contributed by atoms with Gasteiger partial charge in [-0.05, 0) is 60.7 Å². The van der Waals surface area contributed by atoms with Gasteiger partial charge in [0.25, 0.3) is 0 Å². The van der Waals surface area contributed by atoms with Gasteiger partial charge in [0.15, 0.2) is 0 Å². The lowest BCUT2D eigenvalue weighted by atomic mass is 10.0. The van der Waals surface area contributed by atoms with Gasteiger partial charge >= 0.3 is 0 Å². The number of benzene rings is 2. The summed E-state index contributed by atoms with van der Waals surface area (Å²) in [6, 6.07) is 21.7. The van der Waals surface area contributed by atoms with Crippen molar-refractivity contribution in [3.05, 3.63) is 84.2 Å². The van der Waals surface area contributed by atoms with E-state index in [0.717, 1.165) is 12.2 Å². The first-order chi connectivity index (χ1) is 12.7. The summed E-state index contributed by atoms with van der Waals surface area (Å²) in [5.41, 5.74) is 4.92. The number of rotatable bonds is 7. The van der Waals surface area contributed by atoms with Crippen LogP contribution in [0.5, 0.6) is 5.75 Å². The zero-order chi connectivity index (χ0) is 18.4. The van der Waals surface area contributed by atoms with Crippen molar-refractivity contribution in [1.29, 1.82) is 0 Å². The number of para-hydroxylation sites is 1. The zero-order valence-electron chi connectivity index (χ0n) is 15.6. The molecule has 0 fully saturated rings. The van der Waals surface area contributed by atoms with E-state index < -0.39 is 0 Å². The fourth-order valence-electron chi connectivity index (χ4n) is 3.29. The van der Waals surface area contributed by atoms with Gasteiger partial charge < -0.3 is 10.1 Å². The number of nitrogens with one attached hydrogen (secondary N) is 1. The van der Waals surface area contributed by atoms with Crippen LogP contribution in [0, 0.1) is 0 Å². The van der Waals surface area contributed by atoms with Crippen molar-refractivity contribution in [2.45, 2.75) is 32.4 Å². The minimum absolute atomic E-state index is 0.284. The lowest BCUT2D eigenvalue weighted by Gasteiger charge is -2.21. The van der Waals surface area contributed by atoms with E-state index in [-0.39, 0.29) is 6.04 Å². The third-order valence-corrected chi connectivity index (χ3v) is 4.68. The number of hydrogen-bond acceptors (Lipinski definition) is 3. The summed E-state index contributed by atoms with van der Waals surface area (Å²) in [4.78, 5) is 4.08. The van der Waals surface area contributed by atoms with Gasteiger partial charge in [0.2, 0.25) is 0 Å². The van der Waals surface area contributed by atoms with Gasteiger partial charge in [-0.3, -0.25) is 4.98 Å². The van der Waals surface area contributed by atoms with Gasteiger partial charge in [-0.15, -0.1) is 0 Å². The molecule has 0 aliphatic rings. The van der Waals surface area contributed by atoms with Crippen molar-refractivity contribution in [1.82, 2.24) is 10.3 Å². The normalized spacial score (nSPS) is 13.2. The number of nitrogens with zero attached hydrogens (tertiary/aromatic N) is 1. The molecule has 0 bridgehead atoms. The van der Waals surface area contributed by atoms with E-state index in [1.54, 1.807) is 7.11 Å². The SMILES string of the molecule is COc1ccccc1C[C@H](C)NC(C)c1ccc(-c2ccncc2)cc1. The molecule has 0 saturated carbocycles. The number of ether oxygens (including phenoxy) is 1. The topological polar surface area (TPSA) is 34.1 Å². The van der Waals surface area contributed by atoms with Crippen LogP contribution in [0.1, 0.15) is 31.0 Å². The van der Waals surface area contributed by atoms with Gasteiger partial charge in [0.1, 0.15) is 5.75 Å². The van der Waals surface area contributed by atoms with Crippen LogP contribution in [0.3, 0.4) is 0 Å². The van der Waals surface area contributed by atoms with Crippen LogP contribution in [0.15, 0.2) is 73.1 Å². The highest BCUT2D eigenvalue weighted by molar-refractivity contribution is 5.62. The molecule has 1 N–H and O–H groups in total. The Kier molecular flexibility index (Phi) is 6.03. The van der Waals surface area contributed by atoms with Gasteiger partial charge in [0.05, 0.1) is 7.11 Å². The molecule has 3 nitrogen and oxygen atoms in total. The third-order valence-electron chi connectivity index (χ3n) is 4.68. The number of aromatic nitrogens is 1.